The summed E-state index contributed by atoms with van der Waals surface area (Å²) in [6, 6.07) is 7.85. The van der Waals surface area contributed by atoms with Crippen LogP contribution in [-0.2, 0) is 38.6 Å². The van der Waals surface area contributed by atoms with E-state index in [9.17, 15) is 26.3 Å². The van der Waals surface area contributed by atoms with Crippen LogP contribution >= 0.6 is 0 Å². The summed E-state index contributed by atoms with van der Waals surface area (Å²) >= 11 is 0. The topological polar surface area (TPSA) is 40.5 Å². The fraction of sp³-hybridized carbons (Fsp3) is 0.286. The van der Waals surface area contributed by atoms with Crippen LogP contribution in [0.3, 0.4) is 0 Å². The van der Waals surface area contributed by atoms with Crippen LogP contribution in [0.1, 0.15) is 51.7 Å². The number of allylic oxidation sites excluding steroid dienone is 8. The summed E-state index contributed by atoms with van der Waals surface area (Å²) in [5, 5.41) is 17.4. The first-order valence-electron chi connectivity index (χ1n) is 10.8. The van der Waals surface area contributed by atoms with E-state index in [0.717, 1.165) is 37.1 Å². The van der Waals surface area contributed by atoms with Crippen molar-refractivity contribution in [1.82, 2.24) is 0 Å². The van der Waals surface area contributed by atoms with Gasteiger partial charge in [0.05, 0.1) is 11.1 Å². The van der Waals surface area contributed by atoms with E-state index in [0.29, 0.717) is 12.1 Å². The van der Waals surface area contributed by atoms with Gasteiger partial charge in [0.2, 0.25) is 0 Å². The largest absolute Gasteiger partial charge is 2.00 e. The molecule has 198 valence electrons. The molecule has 0 atom stereocenters. The molecule has 2 aromatic carbocycles. The quantitative estimate of drug-likeness (QED) is 0.234. The van der Waals surface area contributed by atoms with Crippen LogP contribution in [0.15, 0.2) is 83.0 Å². The molecule has 0 saturated heterocycles. The summed E-state index contributed by atoms with van der Waals surface area (Å²) < 4.78 is 71.1. The average Bonchev–Trinajstić information content (AvgIpc) is 3.34. The van der Waals surface area contributed by atoms with Crippen molar-refractivity contribution >= 4 is 0 Å². The van der Waals surface area contributed by atoms with Gasteiger partial charge in [-0.3, -0.25) is 12.2 Å². The van der Waals surface area contributed by atoms with Crippen molar-refractivity contribution in [3.8, 4) is 11.5 Å². The molecule has 2 N–H and O–H groups in total. The Morgan fingerprint density at radius 2 is 0.946 bits per heavy atom. The van der Waals surface area contributed by atoms with Gasteiger partial charge in [0.25, 0.3) is 0 Å². The smallest absolute Gasteiger partial charge is 0.508 e. The van der Waals surface area contributed by atoms with Gasteiger partial charge in [0.15, 0.2) is 0 Å². The third kappa shape index (κ3) is 14.7. The number of alkyl halides is 6. The van der Waals surface area contributed by atoms with E-state index >= 15 is 0 Å². The third-order valence-corrected chi connectivity index (χ3v) is 4.60. The average molecular weight is 602 g/mol. The van der Waals surface area contributed by atoms with E-state index < -0.39 is 23.5 Å². The molecule has 0 spiro atoms. The number of phenols is 2. The molecular formula is C28H28F6O2Zr. The van der Waals surface area contributed by atoms with Crippen molar-refractivity contribution in [2.45, 2.75) is 52.9 Å². The second kappa shape index (κ2) is 15.7. The molecule has 4 rings (SSSR count). The van der Waals surface area contributed by atoms with Gasteiger partial charge in [0, 0.05) is 0 Å². The molecule has 0 amide bonds. The van der Waals surface area contributed by atoms with Gasteiger partial charge in [-0.15, -0.1) is 0 Å². The maximum atomic E-state index is 11.9. The zero-order chi connectivity index (χ0) is 27.5. The van der Waals surface area contributed by atoms with Crippen LogP contribution in [0.2, 0.25) is 0 Å². The minimum Gasteiger partial charge on any atom is -0.508 e. The minimum absolute atomic E-state index is 0. The summed E-state index contributed by atoms with van der Waals surface area (Å²) in [7, 11) is 0. The van der Waals surface area contributed by atoms with Crippen molar-refractivity contribution in [3.63, 3.8) is 0 Å². The van der Waals surface area contributed by atoms with Crippen LogP contribution in [0, 0.1) is 12.2 Å². The van der Waals surface area contributed by atoms with Crippen LogP contribution in [0.4, 0.5) is 26.3 Å². The molecule has 2 nitrogen and oxygen atoms in total. The molecule has 0 radical (unpaired) electrons. The standard InChI is InChI=1S/2C7H5F3O.2C7H9.Zr/c2*8-7(9,10)5-2-1-3-6(11)4-5;2*1-6-3-4-7(2)5-6;/h2*1-4,11H;2*3H,4H2,1-2H3;/q;;2*-1;+2. The summed E-state index contributed by atoms with van der Waals surface area (Å²) in [5.41, 5.74) is 3.63. The Kier molecular flexibility index (Phi) is 14.6. The number of phenolic OH excluding ortho intramolecular Hbond substituents is 2. The molecule has 0 aromatic heterocycles. The number of rotatable bonds is 0. The van der Waals surface area contributed by atoms with Crippen LogP contribution in [-0.4, -0.2) is 10.2 Å². The molecule has 0 saturated carbocycles. The maximum Gasteiger partial charge on any atom is 2.00 e. The number of hydrogen-bond acceptors (Lipinski definition) is 2. The van der Waals surface area contributed by atoms with Gasteiger partial charge >= 0.3 is 38.6 Å². The number of benzene rings is 2. The first-order valence-corrected chi connectivity index (χ1v) is 10.8. The second-order valence-electron chi connectivity index (χ2n) is 8.09. The van der Waals surface area contributed by atoms with Crippen LogP contribution in [0.25, 0.3) is 0 Å². The van der Waals surface area contributed by atoms with Gasteiger partial charge in [-0.05, 0) is 36.4 Å². The normalized spacial score (nSPS) is 14.1. The monoisotopic (exact) mass is 600 g/mol. The summed E-state index contributed by atoms with van der Waals surface area (Å²) in [4.78, 5) is 0. The van der Waals surface area contributed by atoms with Gasteiger partial charge in [-0.25, -0.2) is 23.3 Å². The maximum absolute atomic E-state index is 11.9. The Morgan fingerprint density at radius 3 is 1.08 bits per heavy atom. The van der Waals surface area contributed by atoms with Gasteiger partial charge in [0.1, 0.15) is 11.5 Å². The van der Waals surface area contributed by atoms with Gasteiger partial charge in [-0.1, -0.05) is 52.7 Å². The summed E-state index contributed by atoms with van der Waals surface area (Å²) in [5.74, 6) is -0.750. The van der Waals surface area contributed by atoms with E-state index in [1.54, 1.807) is 0 Å². The zero-order valence-corrected chi connectivity index (χ0v) is 23.3. The van der Waals surface area contributed by atoms with Gasteiger partial charge in [-0.2, -0.15) is 37.5 Å². The molecule has 2 aliphatic carbocycles. The van der Waals surface area contributed by atoms with E-state index in [1.807, 2.05) is 0 Å². The van der Waals surface area contributed by atoms with Crippen molar-refractivity contribution in [1.29, 1.82) is 0 Å². The molecule has 0 aliphatic heterocycles. The SMILES string of the molecule is CC1=[C-]C(C)=CC1.CC1=[C-]C(C)=CC1.Oc1cccc(C(F)(F)F)c1.Oc1cccc(C(F)(F)F)c1.[Zr+2]. The van der Waals surface area contributed by atoms with Gasteiger partial charge < -0.3 is 10.2 Å². The Labute approximate surface area is 232 Å². The first kappa shape index (κ1) is 34.5. The van der Waals surface area contributed by atoms with Crippen LogP contribution in [0.5, 0.6) is 11.5 Å². The number of aromatic hydroxyl groups is 2. The van der Waals surface area contributed by atoms with E-state index in [4.69, 9.17) is 10.2 Å². The molecule has 37 heavy (non-hydrogen) atoms. The molecule has 0 bridgehead atoms. The van der Waals surface area contributed by atoms with Crippen molar-refractivity contribution in [3.05, 3.63) is 106 Å². The molecular weight excluding hydrogens is 574 g/mol. The van der Waals surface area contributed by atoms with Crippen LogP contribution < -0.4 is 0 Å². The molecule has 9 heteroatoms. The fourth-order valence-electron chi connectivity index (χ4n) is 2.85. The second-order valence-corrected chi connectivity index (χ2v) is 8.09. The Morgan fingerprint density at radius 1 is 0.622 bits per heavy atom. The molecule has 0 unspecified atom stereocenters. The third-order valence-electron chi connectivity index (χ3n) is 4.60. The van der Waals surface area contributed by atoms with E-state index in [-0.39, 0.29) is 37.7 Å². The summed E-state index contributed by atoms with van der Waals surface area (Å²) in [6.07, 6.45) is 4.25. The first-order chi connectivity index (χ1) is 16.6. The fourth-order valence-corrected chi connectivity index (χ4v) is 2.85. The number of hydrogen-bond donors (Lipinski definition) is 2. The number of halogens is 6. The van der Waals surface area contributed by atoms with E-state index in [2.05, 4.69) is 52.0 Å². The van der Waals surface area contributed by atoms with Crippen molar-refractivity contribution in [2.75, 3.05) is 0 Å². The molecule has 0 heterocycles. The molecule has 2 aromatic rings. The Bertz CT molecular complexity index is 1040. The van der Waals surface area contributed by atoms with E-state index in [1.165, 1.54) is 34.4 Å². The minimum atomic E-state index is -4.38. The predicted octanol–water partition coefficient (Wildman–Crippen LogP) is 8.99. The Balaban J connectivity index is 0.000000473. The summed E-state index contributed by atoms with van der Waals surface area (Å²) in [6.45, 7) is 8.37. The predicted molar refractivity (Wildman–Crippen MR) is 128 cm³/mol. The van der Waals surface area contributed by atoms with Crippen molar-refractivity contribution in [2.24, 2.45) is 0 Å². The molecule has 2 aliphatic rings. The Hall–Kier alpha value is -2.54. The van der Waals surface area contributed by atoms with Crippen molar-refractivity contribution < 1.29 is 62.8 Å². The zero-order valence-electron chi connectivity index (χ0n) is 20.8. The molecule has 0 fully saturated rings.